The first-order chi connectivity index (χ1) is 15.8. The largest absolute Gasteiger partial charge is 0.508 e. The van der Waals surface area contributed by atoms with Crippen LogP contribution in [0.1, 0.15) is 75.0 Å². The molecule has 0 saturated heterocycles. The lowest BCUT2D eigenvalue weighted by Gasteiger charge is -2.18. The lowest BCUT2D eigenvalue weighted by molar-refractivity contribution is 0.0973. The zero-order valence-electron chi connectivity index (χ0n) is 20.2. The van der Waals surface area contributed by atoms with E-state index in [1.807, 2.05) is 32.9 Å². The minimum Gasteiger partial charge on any atom is -0.508 e. The van der Waals surface area contributed by atoms with Crippen molar-refractivity contribution in [3.05, 3.63) is 53.2 Å². The van der Waals surface area contributed by atoms with E-state index in [0.717, 1.165) is 25.2 Å². The first kappa shape index (κ1) is 24.5. The van der Waals surface area contributed by atoms with Gasteiger partial charge in [-0.25, -0.2) is 0 Å². The summed E-state index contributed by atoms with van der Waals surface area (Å²) >= 11 is 0. The van der Waals surface area contributed by atoms with Crippen molar-refractivity contribution in [1.82, 2.24) is 10.1 Å². The van der Waals surface area contributed by atoms with Gasteiger partial charge in [-0.05, 0) is 48.2 Å². The second kappa shape index (κ2) is 10.7. The van der Waals surface area contributed by atoms with Gasteiger partial charge in [0.15, 0.2) is 17.2 Å². The Kier molecular flexibility index (Phi) is 7.92. The van der Waals surface area contributed by atoms with Gasteiger partial charge in [0.2, 0.25) is 0 Å². The van der Waals surface area contributed by atoms with Crippen molar-refractivity contribution in [3.8, 4) is 33.9 Å². The van der Waals surface area contributed by atoms with Gasteiger partial charge >= 0.3 is 0 Å². The van der Waals surface area contributed by atoms with Gasteiger partial charge in [0.05, 0.1) is 11.1 Å². The van der Waals surface area contributed by atoms with E-state index < -0.39 is 0 Å². The number of Topliss-reactive ketones (excluding diaryl/α,β-unsaturated/α-hetero) is 1. The molecule has 1 heterocycles. The molecule has 3 aromatic rings. The van der Waals surface area contributed by atoms with Crippen LogP contribution in [0.4, 0.5) is 0 Å². The fourth-order valence-corrected chi connectivity index (χ4v) is 4.00. The van der Waals surface area contributed by atoms with Gasteiger partial charge in [-0.3, -0.25) is 9.69 Å². The van der Waals surface area contributed by atoms with E-state index >= 15 is 0 Å². The molecular weight excluding hydrogens is 416 g/mol. The molecule has 3 rings (SSSR count). The zero-order chi connectivity index (χ0) is 24.1. The summed E-state index contributed by atoms with van der Waals surface area (Å²) in [5, 5.41) is 25.0. The van der Waals surface area contributed by atoms with Crippen LogP contribution in [0.15, 0.2) is 40.9 Å². The summed E-state index contributed by atoms with van der Waals surface area (Å²) in [6.07, 6.45) is 1.06. The number of ketones is 1. The summed E-state index contributed by atoms with van der Waals surface area (Å²) in [6, 6.07) is 11.1. The molecular formula is C27H34N2O4. The van der Waals surface area contributed by atoms with E-state index in [9.17, 15) is 15.0 Å². The second-order valence-electron chi connectivity index (χ2n) is 8.65. The lowest BCUT2D eigenvalue weighted by Crippen LogP contribution is -2.21. The lowest BCUT2D eigenvalue weighted by atomic mass is 9.93. The van der Waals surface area contributed by atoms with Crippen LogP contribution in [-0.4, -0.2) is 39.1 Å². The summed E-state index contributed by atoms with van der Waals surface area (Å²) in [5.41, 5.74) is 3.90. The minimum atomic E-state index is -0.123. The normalized spacial score (nSPS) is 11.5. The summed E-state index contributed by atoms with van der Waals surface area (Å²) < 4.78 is 5.67. The highest BCUT2D eigenvalue weighted by Crippen LogP contribution is 2.43. The van der Waals surface area contributed by atoms with Crippen LogP contribution in [0.2, 0.25) is 0 Å². The first-order valence-corrected chi connectivity index (χ1v) is 11.7. The van der Waals surface area contributed by atoms with Crippen LogP contribution in [-0.2, 0) is 6.54 Å². The molecule has 0 aliphatic rings. The van der Waals surface area contributed by atoms with Crippen molar-refractivity contribution in [2.24, 2.45) is 0 Å². The average molecular weight is 451 g/mol. The maximum absolute atomic E-state index is 12.9. The van der Waals surface area contributed by atoms with Gasteiger partial charge in [0, 0.05) is 19.0 Å². The Morgan fingerprint density at radius 3 is 2.27 bits per heavy atom. The van der Waals surface area contributed by atoms with Crippen molar-refractivity contribution in [1.29, 1.82) is 0 Å². The van der Waals surface area contributed by atoms with Crippen LogP contribution in [0.3, 0.4) is 0 Å². The molecule has 1 aromatic heterocycles. The smallest absolute Gasteiger partial charge is 0.185 e. The number of benzene rings is 2. The maximum Gasteiger partial charge on any atom is 0.185 e. The number of carbonyl (C=O) groups excluding carboxylic acids is 1. The number of phenols is 2. The highest BCUT2D eigenvalue weighted by molar-refractivity contribution is 6.03. The summed E-state index contributed by atoms with van der Waals surface area (Å²) in [5.74, 6) is 0.163. The molecule has 6 heteroatoms. The monoisotopic (exact) mass is 450 g/mol. The molecule has 6 nitrogen and oxygen atoms in total. The predicted octanol–water partition coefficient (Wildman–Crippen LogP) is 6.37. The number of hydrogen-bond acceptors (Lipinski definition) is 6. The fourth-order valence-electron chi connectivity index (χ4n) is 4.00. The first-order valence-electron chi connectivity index (χ1n) is 11.7. The number of phenolic OH excluding ortho intramolecular Hbond substituents is 2. The summed E-state index contributed by atoms with van der Waals surface area (Å²) in [4.78, 5) is 15.2. The SMILES string of the molecule is CCCC(=O)c1noc(-c2cc(C(C)C)c(O)cc2O)c1-c1ccc(CN(CC)CC)cc1. The molecule has 33 heavy (non-hydrogen) atoms. The van der Waals surface area contributed by atoms with Gasteiger partial charge in [-0.15, -0.1) is 0 Å². The van der Waals surface area contributed by atoms with Crippen molar-refractivity contribution in [2.75, 3.05) is 13.1 Å². The summed E-state index contributed by atoms with van der Waals surface area (Å²) in [6.45, 7) is 12.9. The molecule has 0 bridgehead atoms. The predicted molar refractivity (Wildman–Crippen MR) is 131 cm³/mol. The topological polar surface area (TPSA) is 86.8 Å². The van der Waals surface area contributed by atoms with Gasteiger partial charge in [-0.1, -0.05) is 64.0 Å². The summed E-state index contributed by atoms with van der Waals surface area (Å²) in [7, 11) is 0. The molecule has 2 N–H and O–H groups in total. The van der Waals surface area contributed by atoms with Crippen LogP contribution in [0.5, 0.6) is 11.5 Å². The zero-order valence-corrected chi connectivity index (χ0v) is 20.2. The van der Waals surface area contributed by atoms with E-state index in [4.69, 9.17) is 4.52 Å². The Labute approximate surface area is 195 Å². The molecule has 0 aliphatic heterocycles. The number of aromatic nitrogens is 1. The number of rotatable bonds is 10. The molecule has 0 aliphatic carbocycles. The Morgan fingerprint density at radius 1 is 1.03 bits per heavy atom. The quantitative estimate of drug-likeness (QED) is 0.349. The Bertz CT molecular complexity index is 1100. The number of nitrogens with zero attached hydrogens (tertiary/aromatic N) is 2. The Morgan fingerprint density at radius 2 is 1.70 bits per heavy atom. The van der Waals surface area contributed by atoms with E-state index in [0.29, 0.717) is 35.3 Å². The number of aromatic hydroxyl groups is 2. The average Bonchev–Trinajstić information content (AvgIpc) is 3.22. The molecule has 0 fully saturated rings. The molecule has 176 valence electrons. The van der Waals surface area contributed by atoms with Gasteiger partial charge in [0.1, 0.15) is 11.5 Å². The third-order valence-electron chi connectivity index (χ3n) is 5.99. The molecule has 0 saturated carbocycles. The van der Waals surface area contributed by atoms with E-state index in [1.54, 1.807) is 6.07 Å². The molecule has 0 atom stereocenters. The highest BCUT2D eigenvalue weighted by Gasteiger charge is 2.26. The molecule has 0 radical (unpaired) electrons. The Balaban J connectivity index is 2.14. The molecule has 0 spiro atoms. The standard InChI is InChI=1S/C27H34N2O4/c1-6-9-22(30)26-25(19-12-10-18(11-13-19)16-29(7-2)8-3)27(33-28-26)21-14-20(17(4)5)23(31)15-24(21)32/h10-15,17,31-32H,6-9,16H2,1-5H3. The van der Waals surface area contributed by atoms with Crippen molar-refractivity contribution < 1.29 is 19.5 Å². The molecule has 2 aromatic carbocycles. The van der Waals surface area contributed by atoms with Crippen LogP contribution in [0, 0.1) is 0 Å². The number of hydrogen-bond donors (Lipinski definition) is 2. The maximum atomic E-state index is 12.9. The molecule has 0 unspecified atom stereocenters. The van der Waals surface area contributed by atoms with Gasteiger partial charge in [0.25, 0.3) is 0 Å². The minimum absolute atomic E-state index is 0.0235. The fraction of sp³-hybridized carbons (Fsp3) is 0.407. The van der Waals surface area contributed by atoms with E-state index in [2.05, 4.69) is 36.0 Å². The van der Waals surface area contributed by atoms with Crippen LogP contribution in [0.25, 0.3) is 22.5 Å². The van der Waals surface area contributed by atoms with E-state index in [-0.39, 0.29) is 28.9 Å². The third-order valence-corrected chi connectivity index (χ3v) is 5.99. The number of carbonyl (C=O) groups is 1. The van der Waals surface area contributed by atoms with Crippen LogP contribution >= 0.6 is 0 Å². The van der Waals surface area contributed by atoms with Crippen molar-refractivity contribution >= 4 is 5.78 Å². The second-order valence-corrected chi connectivity index (χ2v) is 8.65. The Hall–Kier alpha value is -3.12. The highest BCUT2D eigenvalue weighted by atomic mass is 16.5. The van der Waals surface area contributed by atoms with Crippen molar-refractivity contribution in [3.63, 3.8) is 0 Å². The van der Waals surface area contributed by atoms with Crippen LogP contribution < -0.4 is 0 Å². The molecule has 0 amide bonds. The third kappa shape index (κ3) is 5.28. The van der Waals surface area contributed by atoms with Gasteiger partial charge < -0.3 is 14.7 Å². The van der Waals surface area contributed by atoms with Gasteiger partial charge in [-0.2, -0.15) is 0 Å². The van der Waals surface area contributed by atoms with Crippen molar-refractivity contribution in [2.45, 2.75) is 59.9 Å². The van der Waals surface area contributed by atoms with E-state index in [1.165, 1.54) is 11.6 Å².